The monoisotopic (exact) mass is 276 g/mol. The van der Waals surface area contributed by atoms with E-state index in [0.29, 0.717) is 12.5 Å². The van der Waals surface area contributed by atoms with Gasteiger partial charge in [-0.15, -0.1) is 0 Å². The maximum atomic E-state index is 12.6. The minimum Gasteiger partial charge on any atom is -0.394 e. The van der Waals surface area contributed by atoms with Crippen molar-refractivity contribution in [1.29, 1.82) is 0 Å². The van der Waals surface area contributed by atoms with Crippen LogP contribution in [0.2, 0.25) is 0 Å². The molecule has 0 fully saturated rings. The van der Waals surface area contributed by atoms with Gasteiger partial charge in [-0.05, 0) is 12.5 Å². The normalized spacial score (nSPS) is 16.5. The van der Waals surface area contributed by atoms with E-state index in [2.05, 4.69) is 5.32 Å². The first-order valence-electron chi connectivity index (χ1n) is 5.52. The third-order valence-electron chi connectivity index (χ3n) is 2.75. The fourth-order valence-corrected chi connectivity index (χ4v) is 1.36. The van der Waals surface area contributed by atoms with Crippen LogP contribution < -0.4 is 11.1 Å². The van der Waals surface area contributed by atoms with Crippen molar-refractivity contribution in [3.8, 4) is 0 Å². The van der Waals surface area contributed by atoms with Crippen molar-refractivity contribution in [2.75, 3.05) is 6.61 Å². The Labute approximate surface area is 108 Å². The second-order valence-corrected chi connectivity index (χ2v) is 4.32. The highest BCUT2D eigenvalue weighted by Gasteiger charge is 2.54. The quantitative estimate of drug-likeness (QED) is 0.771. The fraction of sp³-hybridized carbons (Fsp3) is 0.417. The van der Waals surface area contributed by atoms with Crippen molar-refractivity contribution < 1.29 is 23.1 Å². The lowest BCUT2D eigenvalue weighted by Gasteiger charge is -2.28. The van der Waals surface area contributed by atoms with Crippen molar-refractivity contribution in [3.63, 3.8) is 0 Å². The van der Waals surface area contributed by atoms with E-state index in [0.717, 1.165) is 0 Å². The highest BCUT2D eigenvalue weighted by Crippen LogP contribution is 2.28. The second kappa shape index (κ2) is 5.58. The summed E-state index contributed by atoms with van der Waals surface area (Å²) >= 11 is 0. The number of benzene rings is 1. The maximum Gasteiger partial charge on any atom is 0.415 e. The van der Waals surface area contributed by atoms with E-state index in [9.17, 15) is 18.0 Å². The Bertz CT molecular complexity index is 432. The first kappa shape index (κ1) is 15.5. The third-order valence-corrected chi connectivity index (χ3v) is 2.75. The molecule has 1 rings (SSSR count). The number of hydrogen-bond acceptors (Lipinski definition) is 3. The van der Waals surface area contributed by atoms with Crippen molar-refractivity contribution in [1.82, 2.24) is 5.32 Å². The van der Waals surface area contributed by atoms with Gasteiger partial charge in [0.1, 0.15) is 0 Å². The summed E-state index contributed by atoms with van der Waals surface area (Å²) in [6.45, 7) is 0.0610. The molecule has 1 aromatic carbocycles. The molecule has 0 aliphatic rings. The fourth-order valence-electron chi connectivity index (χ4n) is 1.36. The molecule has 0 bridgehead atoms. The summed E-state index contributed by atoms with van der Waals surface area (Å²) in [6.07, 6.45) is -4.87. The summed E-state index contributed by atoms with van der Waals surface area (Å²) in [5, 5.41) is 11.3. The Balaban J connectivity index is 2.86. The van der Waals surface area contributed by atoms with Crippen LogP contribution >= 0.6 is 0 Å². The standard InChI is InChI=1S/C12H15F3N2O2/c1-11(16,12(13,14)15)10(19)17-9(7-18)8-5-3-2-4-6-8/h2-6,9,18H,7,16H2,1H3,(H,17,19). The second-order valence-electron chi connectivity index (χ2n) is 4.32. The Hall–Kier alpha value is -1.60. The molecule has 1 aromatic rings. The van der Waals surface area contributed by atoms with Gasteiger partial charge in [0.25, 0.3) is 0 Å². The molecule has 2 unspecified atom stereocenters. The maximum absolute atomic E-state index is 12.6. The highest BCUT2D eigenvalue weighted by molar-refractivity contribution is 5.87. The summed E-state index contributed by atoms with van der Waals surface area (Å²) < 4.78 is 37.8. The van der Waals surface area contributed by atoms with Gasteiger partial charge >= 0.3 is 6.18 Å². The molecule has 1 amide bonds. The summed E-state index contributed by atoms with van der Waals surface area (Å²) in [5.74, 6) is -1.39. The van der Waals surface area contributed by atoms with E-state index >= 15 is 0 Å². The number of halogens is 3. The molecule has 0 heterocycles. The number of alkyl halides is 3. The van der Waals surface area contributed by atoms with Gasteiger partial charge in [0.05, 0.1) is 12.6 Å². The van der Waals surface area contributed by atoms with Gasteiger partial charge in [-0.3, -0.25) is 4.79 Å². The Morgan fingerprint density at radius 1 is 1.37 bits per heavy atom. The first-order valence-corrected chi connectivity index (χ1v) is 5.52. The number of carbonyl (C=O) groups is 1. The molecule has 0 aliphatic carbocycles. The molecule has 0 aliphatic heterocycles. The summed E-state index contributed by atoms with van der Waals surface area (Å²) in [6, 6.07) is 7.25. The smallest absolute Gasteiger partial charge is 0.394 e. The predicted molar refractivity (Wildman–Crippen MR) is 63.1 cm³/mol. The number of nitrogens with one attached hydrogen (secondary N) is 1. The number of hydrogen-bond donors (Lipinski definition) is 3. The van der Waals surface area contributed by atoms with E-state index in [-0.39, 0.29) is 0 Å². The Morgan fingerprint density at radius 2 is 1.89 bits per heavy atom. The van der Waals surface area contributed by atoms with E-state index in [1.54, 1.807) is 30.3 Å². The van der Waals surface area contributed by atoms with Crippen LogP contribution in [0.4, 0.5) is 13.2 Å². The topological polar surface area (TPSA) is 75.4 Å². The lowest BCUT2D eigenvalue weighted by molar-refractivity contribution is -0.188. The van der Waals surface area contributed by atoms with Crippen LogP contribution in [0.5, 0.6) is 0 Å². The van der Waals surface area contributed by atoms with Gasteiger partial charge < -0.3 is 16.2 Å². The minimum absolute atomic E-state index is 0.497. The van der Waals surface area contributed by atoms with E-state index in [1.165, 1.54) is 0 Å². The molecule has 106 valence electrons. The molecule has 7 heteroatoms. The molecular formula is C12H15F3N2O2. The molecule has 19 heavy (non-hydrogen) atoms. The molecule has 0 saturated carbocycles. The van der Waals surface area contributed by atoms with Crippen LogP contribution in [0.3, 0.4) is 0 Å². The number of rotatable bonds is 4. The van der Waals surface area contributed by atoms with Crippen LogP contribution in [0, 0.1) is 0 Å². The Kier molecular flexibility index (Phi) is 4.54. The first-order chi connectivity index (χ1) is 8.70. The van der Waals surface area contributed by atoms with Crippen molar-refractivity contribution in [2.45, 2.75) is 24.7 Å². The molecule has 0 saturated heterocycles. The number of amides is 1. The molecule has 0 aromatic heterocycles. The average Bonchev–Trinajstić information content (AvgIpc) is 2.35. The Morgan fingerprint density at radius 3 is 2.32 bits per heavy atom. The van der Waals surface area contributed by atoms with Crippen LogP contribution in [-0.2, 0) is 4.79 Å². The van der Waals surface area contributed by atoms with Crippen LogP contribution in [0.1, 0.15) is 18.5 Å². The zero-order valence-corrected chi connectivity index (χ0v) is 10.2. The van der Waals surface area contributed by atoms with Gasteiger partial charge in [0.15, 0.2) is 5.54 Å². The van der Waals surface area contributed by atoms with Crippen molar-refractivity contribution >= 4 is 5.91 Å². The summed E-state index contributed by atoms with van der Waals surface area (Å²) in [7, 11) is 0. The minimum atomic E-state index is -4.87. The molecule has 2 atom stereocenters. The molecule has 4 nitrogen and oxygen atoms in total. The molecule has 0 spiro atoms. The number of carbonyl (C=O) groups excluding carboxylic acids is 1. The van der Waals surface area contributed by atoms with E-state index in [4.69, 9.17) is 10.8 Å². The molecular weight excluding hydrogens is 261 g/mol. The van der Waals surface area contributed by atoms with Crippen molar-refractivity contribution in [2.24, 2.45) is 5.73 Å². The summed E-state index contributed by atoms with van der Waals surface area (Å²) in [4.78, 5) is 11.6. The van der Waals surface area contributed by atoms with Gasteiger partial charge in [-0.25, -0.2) is 0 Å². The van der Waals surface area contributed by atoms with Gasteiger partial charge in [0, 0.05) is 0 Å². The zero-order chi connectivity index (χ0) is 14.7. The highest BCUT2D eigenvalue weighted by atomic mass is 19.4. The lowest BCUT2D eigenvalue weighted by Crippen LogP contribution is -2.61. The molecule has 4 N–H and O–H groups in total. The van der Waals surface area contributed by atoms with Crippen LogP contribution in [-0.4, -0.2) is 29.3 Å². The zero-order valence-electron chi connectivity index (χ0n) is 10.2. The molecule has 0 radical (unpaired) electrons. The van der Waals surface area contributed by atoms with Crippen LogP contribution in [0.25, 0.3) is 0 Å². The number of aliphatic hydroxyl groups is 1. The van der Waals surface area contributed by atoms with E-state index < -0.39 is 30.3 Å². The van der Waals surface area contributed by atoms with Gasteiger partial charge in [-0.2, -0.15) is 13.2 Å². The predicted octanol–water partition coefficient (Wildman–Crippen LogP) is 1.12. The van der Waals surface area contributed by atoms with Gasteiger partial charge in [-0.1, -0.05) is 30.3 Å². The average molecular weight is 276 g/mol. The number of aliphatic hydroxyl groups excluding tert-OH is 1. The summed E-state index contributed by atoms with van der Waals surface area (Å²) in [5.41, 5.74) is 2.49. The van der Waals surface area contributed by atoms with Crippen LogP contribution in [0.15, 0.2) is 30.3 Å². The van der Waals surface area contributed by atoms with Crippen molar-refractivity contribution in [3.05, 3.63) is 35.9 Å². The lowest BCUT2D eigenvalue weighted by atomic mass is 10.0. The van der Waals surface area contributed by atoms with Gasteiger partial charge in [0.2, 0.25) is 5.91 Å². The largest absolute Gasteiger partial charge is 0.415 e. The number of nitrogens with two attached hydrogens (primary N) is 1. The van der Waals surface area contributed by atoms with E-state index in [1.807, 2.05) is 0 Å². The third kappa shape index (κ3) is 3.45. The SMILES string of the molecule is CC(N)(C(=O)NC(CO)c1ccccc1)C(F)(F)F.